The second kappa shape index (κ2) is 12.2. The van der Waals surface area contributed by atoms with E-state index in [1.54, 1.807) is 6.08 Å². The molecule has 7 rings (SSSR count). The van der Waals surface area contributed by atoms with Crippen molar-refractivity contribution in [1.29, 1.82) is 0 Å². The fourth-order valence-electron chi connectivity index (χ4n) is 7.88. The zero-order chi connectivity index (χ0) is 37.8. The summed E-state index contributed by atoms with van der Waals surface area (Å²) in [5.41, 5.74) is -0.831. The molecule has 0 spiro atoms. The van der Waals surface area contributed by atoms with E-state index in [9.17, 15) is 41.8 Å². The van der Waals surface area contributed by atoms with Gasteiger partial charge in [-0.1, -0.05) is 34.9 Å². The van der Waals surface area contributed by atoms with Crippen molar-refractivity contribution in [2.45, 2.75) is 34.7 Å². The minimum atomic E-state index is -4.86. The number of pyridine rings is 1. The fourth-order valence-corrected chi connectivity index (χ4v) is 9.26. The predicted octanol–water partition coefficient (Wildman–Crippen LogP) is 6.88. The van der Waals surface area contributed by atoms with Crippen molar-refractivity contribution in [2.75, 3.05) is 24.1 Å². The number of hydrogen-bond acceptors (Lipinski definition) is 8. The number of imide groups is 2. The minimum Gasteiger partial charge on any atom is -0.503 e. The van der Waals surface area contributed by atoms with Gasteiger partial charge in [0.15, 0.2) is 27.1 Å². The molecule has 3 aromatic rings. The normalized spacial score (nSPS) is 28.5. The Hall–Kier alpha value is -4.11. The van der Waals surface area contributed by atoms with Crippen molar-refractivity contribution in [3.63, 3.8) is 0 Å². The molecular formula is C34H24Cl4F4N4O6. The molecule has 1 saturated carbocycles. The van der Waals surface area contributed by atoms with E-state index in [-0.39, 0.29) is 33.5 Å². The smallest absolute Gasteiger partial charge is 0.433 e. The van der Waals surface area contributed by atoms with E-state index in [1.165, 1.54) is 31.4 Å². The molecule has 1 aromatic heterocycles. The van der Waals surface area contributed by atoms with E-state index in [2.05, 4.69) is 4.98 Å². The van der Waals surface area contributed by atoms with Crippen LogP contribution in [0.4, 0.5) is 29.1 Å². The number of ether oxygens (including phenoxy) is 1. The number of aromatic nitrogens is 1. The molecular weight excluding hydrogens is 778 g/mol. The first kappa shape index (κ1) is 36.3. The molecule has 3 heterocycles. The van der Waals surface area contributed by atoms with Crippen LogP contribution in [0.15, 0.2) is 60.2 Å². The summed E-state index contributed by atoms with van der Waals surface area (Å²) in [6.45, 7) is 0. The number of phenols is 1. The first-order chi connectivity index (χ1) is 24.4. The van der Waals surface area contributed by atoms with E-state index >= 15 is 0 Å². The summed E-state index contributed by atoms with van der Waals surface area (Å²) in [4.78, 5) is 57.0. The molecule has 4 amide bonds. The largest absolute Gasteiger partial charge is 0.503 e. The number of alkyl halides is 5. The lowest BCUT2D eigenvalue weighted by molar-refractivity contribution is -0.141. The topological polar surface area (TPSA) is 120 Å². The number of carbonyl (C=O) groups excluding carboxylic acids is 4. The number of allylic oxidation sites excluding steroid dienone is 2. The summed E-state index contributed by atoms with van der Waals surface area (Å²) in [6.07, 6.45) is -3.77. The van der Waals surface area contributed by atoms with Gasteiger partial charge in [0.2, 0.25) is 0 Å². The number of methoxy groups -OCH3 is 1. The second-order valence-electron chi connectivity index (χ2n) is 12.8. The average Bonchev–Trinajstić information content (AvgIpc) is 3.43. The lowest BCUT2D eigenvalue weighted by atomic mass is 9.56. The van der Waals surface area contributed by atoms with Crippen LogP contribution in [0, 0.1) is 23.6 Å². The number of nitrogens with zero attached hydrogens (tertiary/aromatic N) is 4. The number of rotatable bonds is 5. The molecule has 2 saturated heterocycles. The Labute approximate surface area is 312 Å². The minimum absolute atomic E-state index is 0.0360. The Balaban J connectivity index is 1.37. The van der Waals surface area contributed by atoms with Gasteiger partial charge in [-0.05, 0) is 72.9 Å². The van der Waals surface area contributed by atoms with Gasteiger partial charge >= 0.3 is 6.18 Å². The number of hydrazine groups is 1. The third kappa shape index (κ3) is 5.01. The number of fused-ring (bicyclic) bond motifs is 4. The highest BCUT2D eigenvalue weighted by atomic mass is 35.5. The summed E-state index contributed by atoms with van der Waals surface area (Å²) in [7, 11) is 2.42. The maximum Gasteiger partial charge on any atom is 0.433 e. The van der Waals surface area contributed by atoms with Gasteiger partial charge in [-0.25, -0.2) is 14.3 Å². The zero-order valence-electron chi connectivity index (χ0n) is 26.7. The Bertz CT molecular complexity index is 2120. The highest BCUT2D eigenvalue weighted by molar-refractivity contribution is 6.58. The first-order valence-electron chi connectivity index (χ1n) is 15.5. The number of carbonyl (C=O) groups is 4. The van der Waals surface area contributed by atoms with Crippen LogP contribution < -0.4 is 14.6 Å². The van der Waals surface area contributed by atoms with Crippen molar-refractivity contribution >= 4 is 81.5 Å². The van der Waals surface area contributed by atoms with Gasteiger partial charge in [-0.15, -0.1) is 23.2 Å². The van der Waals surface area contributed by atoms with E-state index in [0.717, 1.165) is 35.2 Å². The molecule has 0 unspecified atom stereocenters. The standard InChI is InChI=1S/C34H24Cl4F4N4O6/c1-44(27-20(35)9-10-23(43-27)34(40,41)42)46-28(48)18-8-7-17-19(24(18)29(46)49)13-32(37)30(50)45(16-5-3-15(39)4-6-16)31(51)33(32,38)25(17)14-11-21(36)26(47)22(12-14)52-2/h3-7,9-12,18-19,24-25,47H,8,13H2,1-2H3/t18-,19+,24-,25-,32+,33-/m0/s1. The van der Waals surface area contributed by atoms with Gasteiger partial charge in [-0.3, -0.25) is 24.2 Å². The van der Waals surface area contributed by atoms with Crippen molar-refractivity contribution in [3.05, 3.63) is 87.3 Å². The maximum absolute atomic E-state index is 14.5. The lowest BCUT2D eigenvalue weighted by Gasteiger charge is -2.50. The molecule has 6 atom stereocenters. The third-order valence-corrected chi connectivity index (χ3v) is 12.2. The van der Waals surface area contributed by atoms with Crippen LogP contribution in [-0.4, -0.2) is 62.6 Å². The van der Waals surface area contributed by atoms with Crippen LogP contribution in [0.3, 0.4) is 0 Å². The highest BCUT2D eigenvalue weighted by Gasteiger charge is 2.76. The summed E-state index contributed by atoms with van der Waals surface area (Å²) in [6, 6.07) is 8.72. The molecule has 3 fully saturated rings. The Morgan fingerprint density at radius 1 is 0.962 bits per heavy atom. The van der Waals surface area contributed by atoms with Crippen molar-refractivity contribution in [2.24, 2.45) is 17.8 Å². The van der Waals surface area contributed by atoms with E-state index in [0.29, 0.717) is 16.6 Å². The van der Waals surface area contributed by atoms with Crippen LogP contribution in [-0.2, 0) is 25.4 Å². The van der Waals surface area contributed by atoms with Crippen LogP contribution >= 0.6 is 46.4 Å². The number of benzene rings is 2. The molecule has 272 valence electrons. The van der Waals surface area contributed by atoms with Crippen LogP contribution in [0.1, 0.15) is 30.0 Å². The highest BCUT2D eigenvalue weighted by Crippen LogP contribution is 2.66. The van der Waals surface area contributed by atoms with Crippen molar-refractivity contribution in [1.82, 2.24) is 9.99 Å². The van der Waals surface area contributed by atoms with Gasteiger partial charge in [0, 0.05) is 13.0 Å². The Morgan fingerprint density at radius 3 is 2.27 bits per heavy atom. The van der Waals surface area contributed by atoms with Crippen molar-refractivity contribution < 1.29 is 46.6 Å². The van der Waals surface area contributed by atoms with E-state index in [4.69, 9.17) is 51.1 Å². The fraction of sp³-hybridized carbons (Fsp3) is 0.324. The molecule has 0 bridgehead atoms. The SMILES string of the molecule is COc1cc([C@H]2C3=CC[C@@H]4C(=O)N(N(C)c5nc(C(F)(F)F)ccc5Cl)C(=O)[C@@H]4[C@@H]3C[C@@]3(Cl)C(=O)N(c4ccc(F)cc4)C(=O)[C@@]23Cl)cc(Cl)c1O. The van der Waals surface area contributed by atoms with Gasteiger partial charge < -0.3 is 9.84 Å². The lowest BCUT2D eigenvalue weighted by Crippen LogP contribution is -2.60. The number of aromatic hydroxyl groups is 1. The van der Waals surface area contributed by atoms with Crippen LogP contribution in [0.2, 0.25) is 10.0 Å². The number of anilines is 2. The van der Waals surface area contributed by atoms with Crippen LogP contribution in [0.5, 0.6) is 11.5 Å². The van der Waals surface area contributed by atoms with Gasteiger partial charge in [-0.2, -0.15) is 18.2 Å². The van der Waals surface area contributed by atoms with E-state index < -0.39 is 92.7 Å². The number of hydrogen-bond donors (Lipinski definition) is 1. The summed E-state index contributed by atoms with van der Waals surface area (Å²) >= 11 is 27.3. The van der Waals surface area contributed by atoms with Gasteiger partial charge in [0.25, 0.3) is 23.6 Å². The molecule has 2 aliphatic heterocycles. The molecule has 4 aliphatic rings. The quantitative estimate of drug-likeness (QED) is 0.129. The summed E-state index contributed by atoms with van der Waals surface area (Å²) in [5, 5.41) is 11.6. The monoisotopic (exact) mass is 800 g/mol. The van der Waals surface area contributed by atoms with Gasteiger partial charge in [0.1, 0.15) is 11.5 Å². The average molecular weight is 802 g/mol. The first-order valence-corrected chi connectivity index (χ1v) is 17.0. The Kier molecular flexibility index (Phi) is 8.52. The van der Waals surface area contributed by atoms with Crippen LogP contribution in [0.25, 0.3) is 0 Å². The molecule has 1 N–H and O–H groups in total. The zero-order valence-corrected chi connectivity index (χ0v) is 29.7. The second-order valence-corrected chi connectivity index (χ2v) is 14.9. The van der Waals surface area contributed by atoms with Gasteiger partial charge in [0.05, 0.1) is 34.7 Å². The number of phenolic OH excluding ortho intramolecular Hbond substituents is 1. The van der Waals surface area contributed by atoms with Crippen molar-refractivity contribution in [3.8, 4) is 11.5 Å². The Morgan fingerprint density at radius 2 is 1.63 bits per heavy atom. The van der Waals surface area contributed by atoms with E-state index in [1.807, 2.05) is 0 Å². The summed E-state index contributed by atoms with van der Waals surface area (Å²) in [5.74, 6) is -9.96. The molecule has 10 nitrogen and oxygen atoms in total. The molecule has 52 heavy (non-hydrogen) atoms. The number of halogens is 8. The predicted molar refractivity (Wildman–Crippen MR) is 181 cm³/mol. The molecule has 2 aliphatic carbocycles. The summed E-state index contributed by atoms with van der Waals surface area (Å²) < 4.78 is 59.9. The number of amides is 4. The molecule has 2 aromatic carbocycles. The third-order valence-electron chi connectivity index (χ3n) is 10.2. The maximum atomic E-state index is 14.5. The molecule has 18 heteroatoms. The molecule has 0 radical (unpaired) electrons.